The van der Waals surface area contributed by atoms with Crippen LogP contribution in [0, 0.1) is 0 Å². The minimum absolute atomic E-state index is 0.0998. The van der Waals surface area contributed by atoms with Crippen LogP contribution in [0.5, 0.6) is 0 Å². The highest BCUT2D eigenvalue weighted by Crippen LogP contribution is 2.35. The zero-order valence-corrected chi connectivity index (χ0v) is 19.2. The molecule has 1 saturated heterocycles. The lowest BCUT2D eigenvalue weighted by molar-refractivity contribution is 0.0548. The minimum atomic E-state index is -3.64. The highest BCUT2D eigenvalue weighted by atomic mass is 32.2. The highest BCUT2D eigenvalue weighted by Gasteiger charge is 2.35. The minimum Gasteiger partial charge on any atom is -0.454 e. The summed E-state index contributed by atoms with van der Waals surface area (Å²) in [6.45, 7) is 0.200. The number of pyridine rings is 1. The molecular weight excluding hydrogens is 464 g/mol. The number of hydrogen-bond acceptors (Lipinski definition) is 7. The van der Waals surface area contributed by atoms with E-state index < -0.39 is 26.0 Å². The van der Waals surface area contributed by atoms with Crippen molar-refractivity contribution in [2.75, 3.05) is 19.3 Å². The molecule has 0 bridgehead atoms. The zero-order chi connectivity index (χ0) is 23.4. The predicted molar refractivity (Wildman–Crippen MR) is 123 cm³/mol. The van der Waals surface area contributed by atoms with Crippen molar-refractivity contribution in [1.29, 1.82) is 0 Å². The second-order valence-corrected chi connectivity index (χ2v) is 11.9. The normalized spacial score (nSPS) is 15.6. The van der Waals surface area contributed by atoms with Crippen molar-refractivity contribution in [1.82, 2.24) is 9.29 Å². The maximum atomic E-state index is 12.6. The fourth-order valence-corrected chi connectivity index (χ4v) is 5.94. The Morgan fingerprint density at radius 3 is 2.33 bits per heavy atom. The number of aromatic nitrogens is 1. The SMILES string of the molecule is CS(=O)(=O)c1cccc(-c2ccnc3cc(-c4ccc(S(=O)(=O)N5CC(O)C5)cc4)oc23)c1. The number of fused-ring (bicyclic) bond motifs is 1. The molecule has 0 atom stereocenters. The van der Waals surface area contributed by atoms with Gasteiger partial charge >= 0.3 is 0 Å². The largest absolute Gasteiger partial charge is 0.454 e. The Morgan fingerprint density at radius 2 is 1.67 bits per heavy atom. The van der Waals surface area contributed by atoms with Gasteiger partial charge in [-0.3, -0.25) is 4.98 Å². The Bertz CT molecular complexity index is 1570. The summed E-state index contributed by atoms with van der Waals surface area (Å²) in [6, 6.07) is 16.5. The van der Waals surface area contributed by atoms with Crippen LogP contribution in [0.4, 0.5) is 0 Å². The van der Waals surface area contributed by atoms with Crippen LogP contribution in [-0.2, 0) is 19.9 Å². The molecule has 4 aromatic rings. The van der Waals surface area contributed by atoms with E-state index in [1.807, 2.05) is 0 Å². The molecule has 2 aromatic carbocycles. The molecule has 8 nitrogen and oxygen atoms in total. The van der Waals surface area contributed by atoms with Crippen LogP contribution in [0.1, 0.15) is 0 Å². The highest BCUT2D eigenvalue weighted by molar-refractivity contribution is 7.90. The molecule has 170 valence electrons. The first-order valence-electron chi connectivity index (χ1n) is 10.1. The van der Waals surface area contributed by atoms with Crippen LogP contribution in [0.3, 0.4) is 0 Å². The topological polar surface area (TPSA) is 118 Å². The van der Waals surface area contributed by atoms with E-state index in [0.717, 1.165) is 6.26 Å². The third-order valence-electron chi connectivity index (χ3n) is 5.59. The van der Waals surface area contributed by atoms with E-state index in [1.54, 1.807) is 54.7 Å². The average Bonchev–Trinajstić information content (AvgIpc) is 3.21. The molecule has 1 N–H and O–H groups in total. The van der Waals surface area contributed by atoms with Gasteiger partial charge in [0, 0.05) is 42.7 Å². The van der Waals surface area contributed by atoms with Crippen LogP contribution >= 0.6 is 0 Å². The van der Waals surface area contributed by atoms with Crippen LogP contribution in [0.15, 0.2) is 81.1 Å². The standard InChI is InChI=1S/C23H20N2O6S2/c1-32(27,28)19-4-2-3-16(11-19)20-9-10-24-21-12-22(31-23(20)21)15-5-7-18(8-6-15)33(29,30)25-13-17(26)14-25/h2-12,17,26H,13-14H2,1H3. The first-order valence-corrected chi connectivity index (χ1v) is 13.4. The molecular formula is C23H20N2O6S2. The third-order valence-corrected chi connectivity index (χ3v) is 8.55. The Labute approximate surface area is 191 Å². The van der Waals surface area contributed by atoms with Gasteiger partial charge in [-0.25, -0.2) is 16.8 Å². The molecule has 33 heavy (non-hydrogen) atoms. The molecule has 0 spiro atoms. The number of benzene rings is 2. The van der Waals surface area contributed by atoms with E-state index in [0.29, 0.717) is 33.6 Å². The molecule has 1 fully saturated rings. The summed E-state index contributed by atoms with van der Waals surface area (Å²) in [5.74, 6) is 0.507. The number of furan rings is 1. The number of aliphatic hydroxyl groups is 1. The van der Waals surface area contributed by atoms with E-state index in [-0.39, 0.29) is 22.9 Å². The Kier molecular flexibility index (Phi) is 5.13. The van der Waals surface area contributed by atoms with Gasteiger partial charge in [-0.15, -0.1) is 0 Å². The summed E-state index contributed by atoms with van der Waals surface area (Å²) in [5, 5.41) is 9.40. The molecule has 0 amide bonds. The lowest BCUT2D eigenvalue weighted by Crippen LogP contribution is -2.53. The first-order chi connectivity index (χ1) is 15.6. The lowest BCUT2D eigenvalue weighted by atomic mass is 10.1. The van der Waals surface area contributed by atoms with Crippen molar-refractivity contribution in [3.05, 3.63) is 66.9 Å². The summed E-state index contributed by atoms with van der Waals surface area (Å²) < 4.78 is 56.4. The van der Waals surface area contributed by atoms with E-state index >= 15 is 0 Å². The maximum Gasteiger partial charge on any atom is 0.243 e. The molecule has 0 radical (unpaired) electrons. The van der Waals surface area contributed by atoms with Crippen molar-refractivity contribution in [3.63, 3.8) is 0 Å². The van der Waals surface area contributed by atoms with Gasteiger partial charge in [0.15, 0.2) is 15.4 Å². The number of rotatable bonds is 5. The number of nitrogens with zero attached hydrogens (tertiary/aromatic N) is 2. The molecule has 5 rings (SSSR count). The van der Waals surface area contributed by atoms with Gasteiger partial charge in [-0.1, -0.05) is 12.1 Å². The molecule has 0 aliphatic carbocycles. The number of sulfone groups is 1. The van der Waals surface area contributed by atoms with Gasteiger partial charge < -0.3 is 9.52 Å². The maximum absolute atomic E-state index is 12.6. The van der Waals surface area contributed by atoms with Crippen molar-refractivity contribution in [2.24, 2.45) is 0 Å². The second-order valence-electron chi connectivity index (χ2n) is 7.98. The van der Waals surface area contributed by atoms with Crippen LogP contribution in [0.2, 0.25) is 0 Å². The number of aliphatic hydroxyl groups excluding tert-OH is 1. The van der Waals surface area contributed by atoms with Crippen LogP contribution in [-0.4, -0.2) is 56.7 Å². The quantitative estimate of drug-likeness (QED) is 0.463. The van der Waals surface area contributed by atoms with Crippen LogP contribution < -0.4 is 0 Å². The zero-order valence-electron chi connectivity index (χ0n) is 17.5. The van der Waals surface area contributed by atoms with Crippen LogP contribution in [0.25, 0.3) is 33.6 Å². The van der Waals surface area contributed by atoms with Gasteiger partial charge in [0.25, 0.3) is 0 Å². The van der Waals surface area contributed by atoms with E-state index in [1.165, 1.54) is 16.4 Å². The third kappa shape index (κ3) is 3.95. The van der Waals surface area contributed by atoms with E-state index in [4.69, 9.17) is 4.42 Å². The summed E-state index contributed by atoms with van der Waals surface area (Å²) in [4.78, 5) is 4.71. The molecule has 1 aliphatic rings. The van der Waals surface area contributed by atoms with Gasteiger partial charge in [-0.05, 0) is 48.0 Å². The average molecular weight is 485 g/mol. The molecule has 0 saturated carbocycles. The van der Waals surface area contributed by atoms with Gasteiger partial charge in [-0.2, -0.15) is 4.31 Å². The van der Waals surface area contributed by atoms with Gasteiger partial charge in [0.2, 0.25) is 10.0 Å². The van der Waals surface area contributed by atoms with Gasteiger partial charge in [0.05, 0.1) is 15.9 Å². The Balaban J connectivity index is 1.51. The molecule has 1 aliphatic heterocycles. The van der Waals surface area contributed by atoms with E-state index in [9.17, 15) is 21.9 Å². The summed E-state index contributed by atoms with van der Waals surface area (Å²) in [5.41, 5.74) is 3.16. The second kappa shape index (κ2) is 7.77. The number of β-amino-alcohol motifs (C(OH)–C–C–N with tert-alkyl or cyclic N) is 1. The Hall–Kier alpha value is -3.05. The smallest absolute Gasteiger partial charge is 0.243 e. The summed E-state index contributed by atoms with van der Waals surface area (Å²) in [7, 11) is -7.00. The fraction of sp³-hybridized carbons (Fsp3) is 0.174. The summed E-state index contributed by atoms with van der Waals surface area (Å²) in [6.07, 6.45) is 2.17. The van der Waals surface area contributed by atoms with Gasteiger partial charge in [0.1, 0.15) is 11.3 Å². The molecule has 3 heterocycles. The van der Waals surface area contributed by atoms with E-state index in [2.05, 4.69) is 4.98 Å². The van der Waals surface area contributed by atoms with Crippen molar-refractivity contribution in [3.8, 4) is 22.5 Å². The monoisotopic (exact) mass is 484 g/mol. The number of hydrogen-bond donors (Lipinski definition) is 1. The van der Waals surface area contributed by atoms with Crippen molar-refractivity contribution in [2.45, 2.75) is 15.9 Å². The summed E-state index contributed by atoms with van der Waals surface area (Å²) >= 11 is 0. The van der Waals surface area contributed by atoms with Crippen molar-refractivity contribution < 1.29 is 26.4 Å². The molecule has 2 aromatic heterocycles. The van der Waals surface area contributed by atoms with Crippen molar-refractivity contribution >= 4 is 31.0 Å². The fourth-order valence-electron chi connectivity index (χ4n) is 3.76. The number of sulfonamides is 1. The first kappa shape index (κ1) is 21.8. The molecule has 0 unspecified atom stereocenters. The lowest BCUT2D eigenvalue weighted by Gasteiger charge is -2.34. The predicted octanol–water partition coefficient (Wildman–Crippen LogP) is 2.93. The molecule has 10 heteroatoms. The Morgan fingerprint density at radius 1 is 0.939 bits per heavy atom.